The molecule has 1 aliphatic carbocycles. The first-order valence-corrected chi connectivity index (χ1v) is 6.07. The van der Waals surface area contributed by atoms with E-state index in [1.807, 2.05) is 12.1 Å². The van der Waals surface area contributed by atoms with Crippen molar-refractivity contribution >= 4 is 0 Å². The largest absolute Gasteiger partial charge is 0.454 e. The monoisotopic (exact) mass is 235 g/mol. The second kappa shape index (κ2) is 4.20. The zero-order chi connectivity index (χ0) is 11.8. The summed E-state index contributed by atoms with van der Waals surface area (Å²) in [5.41, 5.74) is 7.30. The Morgan fingerprint density at radius 3 is 2.82 bits per heavy atom. The molecule has 4 nitrogen and oxygen atoms in total. The van der Waals surface area contributed by atoms with Gasteiger partial charge in [0.05, 0.1) is 6.10 Å². The van der Waals surface area contributed by atoms with Crippen LogP contribution in [0, 0.1) is 0 Å². The van der Waals surface area contributed by atoms with Gasteiger partial charge in [0.15, 0.2) is 11.5 Å². The van der Waals surface area contributed by atoms with Crippen LogP contribution in [0.15, 0.2) is 18.2 Å². The van der Waals surface area contributed by atoms with Crippen LogP contribution in [0.5, 0.6) is 11.5 Å². The van der Waals surface area contributed by atoms with Crippen LogP contribution in [-0.2, 0) is 0 Å². The molecule has 0 amide bonds. The lowest BCUT2D eigenvalue weighted by Gasteiger charge is -2.32. The highest BCUT2D eigenvalue weighted by molar-refractivity contribution is 5.45. The van der Waals surface area contributed by atoms with Crippen molar-refractivity contribution in [2.45, 2.75) is 37.3 Å². The molecule has 3 rings (SSSR count). The minimum Gasteiger partial charge on any atom is -0.454 e. The number of nitrogens with two attached hydrogens (primary N) is 1. The van der Waals surface area contributed by atoms with Gasteiger partial charge in [-0.05, 0) is 42.9 Å². The van der Waals surface area contributed by atoms with E-state index in [0.29, 0.717) is 19.1 Å². The van der Waals surface area contributed by atoms with Gasteiger partial charge in [0, 0.05) is 6.04 Å². The molecule has 3 atom stereocenters. The van der Waals surface area contributed by atoms with Crippen molar-refractivity contribution < 1.29 is 14.6 Å². The molecule has 92 valence electrons. The molecule has 0 aromatic heterocycles. The molecule has 0 spiro atoms. The smallest absolute Gasteiger partial charge is 0.231 e. The fourth-order valence-electron chi connectivity index (χ4n) is 2.74. The Kier molecular flexibility index (Phi) is 2.68. The van der Waals surface area contributed by atoms with Crippen LogP contribution in [0.4, 0.5) is 0 Å². The van der Waals surface area contributed by atoms with Crippen molar-refractivity contribution in [1.82, 2.24) is 0 Å². The number of rotatable bonds is 1. The minimum atomic E-state index is -0.240. The lowest BCUT2D eigenvalue weighted by atomic mass is 9.79. The first kappa shape index (κ1) is 10.9. The Morgan fingerprint density at radius 2 is 2.00 bits per heavy atom. The maximum Gasteiger partial charge on any atom is 0.231 e. The predicted molar refractivity (Wildman–Crippen MR) is 63.1 cm³/mol. The van der Waals surface area contributed by atoms with Crippen LogP contribution < -0.4 is 15.2 Å². The average Bonchev–Trinajstić information content (AvgIpc) is 2.75. The molecule has 1 fully saturated rings. The third-order valence-corrected chi connectivity index (χ3v) is 3.70. The van der Waals surface area contributed by atoms with Crippen LogP contribution in [0.1, 0.15) is 30.7 Å². The molecular weight excluding hydrogens is 218 g/mol. The minimum absolute atomic E-state index is 0.0270. The summed E-state index contributed by atoms with van der Waals surface area (Å²) >= 11 is 0. The van der Waals surface area contributed by atoms with E-state index >= 15 is 0 Å². The van der Waals surface area contributed by atoms with Crippen molar-refractivity contribution in [2.75, 3.05) is 6.79 Å². The molecule has 3 unspecified atom stereocenters. The van der Waals surface area contributed by atoms with Gasteiger partial charge >= 0.3 is 0 Å². The Hall–Kier alpha value is -1.26. The second-order valence-electron chi connectivity index (χ2n) is 4.85. The number of hydrogen-bond acceptors (Lipinski definition) is 4. The van der Waals surface area contributed by atoms with E-state index in [2.05, 4.69) is 6.07 Å². The zero-order valence-electron chi connectivity index (χ0n) is 9.63. The first-order valence-electron chi connectivity index (χ1n) is 6.07. The van der Waals surface area contributed by atoms with Gasteiger partial charge in [-0.1, -0.05) is 6.07 Å². The molecule has 17 heavy (non-hydrogen) atoms. The molecule has 2 aliphatic rings. The van der Waals surface area contributed by atoms with Crippen molar-refractivity contribution in [1.29, 1.82) is 0 Å². The predicted octanol–water partition coefficient (Wildman–Crippen LogP) is 1.37. The number of benzene rings is 1. The van der Waals surface area contributed by atoms with Gasteiger partial charge in [-0.2, -0.15) is 0 Å². The lowest BCUT2D eigenvalue weighted by Crippen LogP contribution is -2.37. The zero-order valence-corrected chi connectivity index (χ0v) is 9.63. The third kappa shape index (κ3) is 1.98. The molecule has 0 saturated heterocycles. The summed E-state index contributed by atoms with van der Waals surface area (Å²) in [6.45, 7) is 0.300. The van der Waals surface area contributed by atoms with Crippen LogP contribution in [0.25, 0.3) is 0 Å². The number of ether oxygens (including phenoxy) is 2. The second-order valence-corrected chi connectivity index (χ2v) is 4.85. The number of hydrogen-bond donors (Lipinski definition) is 2. The van der Waals surface area contributed by atoms with Crippen molar-refractivity contribution in [3.8, 4) is 11.5 Å². The van der Waals surface area contributed by atoms with E-state index < -0.39 is 0 Å². The van der Waals surface area contributed by atoms with Crippen LogP contribution in [0.3, 0.4) is 0 Å². The summed E-state index contributed by atoms with van der Waals surface area (Å²) in [6.07, 6.45) is 2.20. The van der Waals surface area contributed by atoms with Crippen LogP contribution in [-0.4, -0.2) is 24.0 Å². The average molecular weight is 235 g/mol. The molecule has 1 aliphatic heterocycles. The van der Waals surface area contributed by atoms with Crippen molar-refractivity contribution in [3.05, 3.63) is 23.8 Å². The molecular formula is C13H17NO3. The first-order chi connectivity index (χ1) is 8.24. The molecule has 4 heteroatoms. The van der Waals surface area contributed by atoms with Gasteiger partial charge in [0.25, 0.3) is 0 Å². The Balaban J connectivity index is 1.84. The summed E-state index contributed by atoms with van der Waals surface area (Å²) < 4.78 is 10.7. The van der Waals surface area contributed by atoms with Crippen LogP contribution >= 0.6 is 0 Å². The number of fused-ring (bicyclic) bond motifs is 1. The number of aliphatic hydroxyl groups is 1. The normalized spacial score (nSPS) is 31.5. The van der Waals surface area contributed by atoms with Gasteiger partial charge < -0.3 is 20.3 Å². The Morgan fingerprint density at radius 1 is 1.18 bits per heavy atom. The molecule has 0 bridgehead atoms. The van der Waals surface area contributed by atoms with Gasteiger partial charge in [0.2, 0.25) is 6.79 Å². The van der Waals surface area contributed by atoms with Crippen LogP contribution in [0.2, 0.25) is 0 Å². The highest BCUT2D eigenvalue weighted by Gasteiger charge is 2.29. The third-order valence-electron chi connectivity index (χ3n) is 3.70. The maximum absolute atomic E-state index is 9.57. The maximum atomic E-state index is 9.57. The Bertz CT molecular complexity index is 421. The Labute approximate surface area is 100 Å². The molecule has 1 aromatic rings. The van der Waals surface area contributed by atoms with Gasteiger partial charge in [-0.25, -0.2) is 0 Å². The van der Waals surface area contributed by atoms with E-state index in [0.717, 1.165) is 24.3 Å². The summed E-state index contributed by atoms with van der Waals surface area (Å²) in [5.74, 6) is 1.92. The molecule has 1 saturated carbocycles. The quantitative estimate of drug-likeness (QED) is 0.771. The van der Waals surface area contributed by atoms with E-state index in [-0.39, 0.29) is 12.1 Å². The highest BCUT2D eigenvalue weighted by atomic mass is 16.7. The van der Waals surface area contributed by atoms with Gasteiger partial charge in [-0.15, -0.1) is 0 Å². The highest BCUT2D eigenvalue weighted by Crippen LogP contribution is 2.38. The van der Waals surface area contributed by atoms with Crippen molar-refractivity contribution in [2.24, 2.45) is 5.73 Å². The topological polar surface area (TPSA) is 64.7 Å². The van der Waals surface area contributed by atoms with E-state index in [1.54, 1.807) is 0 Å². The molecule has 1 aromatic carbocycles. The number of aliphatic hydroxyl groups excluding tert-OH is 1. The lowest BCUT2D eigenvalue weighted by molar-refractivity contribution is 0.111. The van der Waals surface area contributed by atoms with E-state index in [1.165, 1.54) is 5.56 Å². The summed E-state index contributed by atoms with van der Waals surface area (Å²) in [7, 11) is 0. The summed E-state index contributed by atoms with van der Waals surface area (Å²) in [6, 6.07) is 6.04. The summed E-state index contributed by atoms with van der Waals surface area (Å²) in [5, 5.41) is 9.57. The van der Waals surface area contributed by atoms with Gasteiger partial charge in [0.1, 0.15) is 0 Å². The molecule has 0 radical (unpaired) electrons. The van der Waals surface area contributed by atoms with Crippen molar-refractivity contribution in [3.63, 3.8) is 0 Å². The molecule has 1 heterocycles. The molecule has 3 N–H and O–H groups in total. The van der Waals surface area contributed by atoms with Gasteiger partial charge in [-0.3, -0.25) is 0 Å². The fourth-order valence-corrected chi connectivity index (χ4v) is 2.74. The standard InChI is InChI=1S/C13H17NO3/c14-11-6-9(15)2-3-10(11)8-1-4-12-13(5-8)17-7-16-12/h1,4-5,9-11,15H,2-3,6-7,14H2. The van der Waals surface area contributed by atoms with E-state index in [4.69, 9.17) is 15.2 Å². The van der Waals surface area contributed by atoms with E-state index in [9.17, 15) is 5.11 Å². The fraction of sp³-hybridized carbons (Fsp3) is 0.538. The SMILES string of the molecule is NC1CC(O)CCC1c1ccc2c(c1)OCO2. The summed E-state index contributed by atoms with van der Waals surface area (Å²) in [4.78, 5) is 0.